The van der Waals surface area contributed by atoms with Gasteiger partial charge in [0.15, 0.2) is 0 Å². The normalized spacial score (nSPS) is 11.9. The van der Waals surface area contributed by atoms with E-state index in [1.165, 1.54) is 27.8 Å². The molecule has 0 aliphatic rings. The lowest BCUT2D eigenvalue weighted by atomic mass is 9.94. The Hall–Kier alpha value is -3.09. The van der Waals surface area contributed by atoms with Crippen LogP contribution in [-0.4, -0.2) is 0 Å². The Morgan fingerprint density at radius 2 is 1.00 bits per heavy atom. The number of rotatable bonds is 7. The van der Waals surface area contributed by atoms with Gasteiger partial charge < -0.3 is 9.05 Å². The van der Waals surface area contributed by atoms with Crippen LogP contribution in [0.1, 0.15) is 33.5 Å². The topological polar surface area (TPSA) is 18.5 Å². The van der Waals surface area contributed by atoms with Crippen molar-refractivity contribution in [3.8, 4) is 11.5 Å². The van der Waals surface area contributed by atoms with E-state index in [0.29, 0.717) is 0 Å². The zero-order valence-corrected chi connectivity index (χ0v) is 19.1. The third kappa shape index (κ3) is 5.16. The molecular weight excluding hydrogens is 399 g/mol. The second kappa shape index (κ2) is 9.81. The van der Waals surface area contributed by atoms with Gasteiger partial charge in [-0.1, -0.05) is 84.4 Å². The van der Waals surface area contributed by atoms with Gasteiger partial charge in [0.05, 0.1) is 0 Å². The highest BCUT2D eigenvalue weighted by molar-refractivity contribution is 7.48. The Balaban J connectivity index is 1.85. The lowest BCUT2D eigenvalue weighted by Gasteiger charge is -2.29. The van der Waals surface area contributed by atoms with Gasteiger partial charge in [-0.05, 0) is 67.3 Å². The molecule has 156 valence electrons. The molecule has 0 amide bonds. The monoisotopic (exact) mass is 426 g/mol. The Kier molecular flexibility index (Phi) is 6.70. The molecule has 0 aliphatic carbocycles. The zero-order chi connectivity index (χ0) is 21.6. The third-order valence-electron chi connectivity index (χ3n) is 5.21. The summed E-state index contributed by atoms with van der Waals surface area (Å²) in [4.78, 5) is 0. The summed E-state index contributed by atoms with van der Waals surface area (Å²) >= 11 is 0. The molecule has 0 saturated carbocycles. The van der Waals surface area contributed by atoms with Crippen molar-refractivity contribution >= 4 is 8.38 Å². The van der Waals surface area contributed by atoms with Crippen molar-refractivity contribution in [2.24, 2.45) is 0 Å². The van der Waals surface area contributed by atoms with Gasteiger partial charge in [-0.25, -0.2) is 0 Å². The Labute approximate surface area is 186 Å². The summed E-state index contributed by atoms with van der Waals surface area (Å²) in [7, 11) is -1.37. The maximum Gasteiger partial charge on any atom is 0.303 e. The minimum absolute atomic E-state index is 0.0304. The fraction of sp³-hybridized carbons (Fsp3) is 0.143. The van der Waals surface area contributed by atoms with Crippen molar-refractivity contribution in [3.63, 3.8) is 0 Å². The molecule has 31 heavy (non-hydrogen) atoms. The molecule has 1 unspecified atom stereocenters. The van der Waals surface area contributed by atoms with Gasteiger partial charge in [0.2, 0.25) is 0 Å². The van der Waals surface area contributed by atoms with Crippen molar-refractivity contribution in [3.05, 3.63) is 131 Å². The maximum absolute atomic E-state index is 6.57. The van der Waals surface area contributed by atoms with Gasteiger partial charge in [0.25, 0.3) is 0 Å². The maximum atomic E-state index is 6.57. The summed E-state index contributed by atoms with van der Waals surface area (Å²) in [5, 5.41) is 0. The highest BCUT2D eigenvalue weighted by atomic mass is 31.2. The SMILES string of the molecule is Cc1cc(C)c(C(c2ccccc2)P(Oc2ccccc2)Oc2ccccc2)c(C)c1. The molecule has 0 bridgehead atoms. The van der Waals surface area contributed by atoms with Crippen molar-refractivity contribution < 1.29 is 9.05 Å². The molecule has 0 saturated heterocycles. The minimum Gasteiger partial charge on any atom is -0.438 e. The highest BCUT2D eigenvalue weighted by Gasteiger charge is 2.33. The molecule has 0 heterocycles. The largest absolute Gasteiger partial charge is 0.438 e. The van der Waals surface area contributed by atoms with Crippen LogP contribution >= 0.6 is 8.38 Å². The van der Waals surface area contributed by atoms with Crippen LogP contribution in [0.3, 0.4) is 0 Å². The van der Waals surface area contributed by atoms with E-state index in [-0.39, 0.29) is 5.66 Å². The van der Waals surface area contributed by atoms with E-state index in [0.717, 1.165) is 11.5 Å². The number of hydrogen-bond donors (Lipinski definition) is 0. The van der Waals surface area contributed by atoms with E-state index in [1.807, 2.05) is 66.7 Å². The van der Waals surface area contributed by atoms with Gasteiger partial charge in [-0.3, -0.25) is 0 Å². The Morgan fingerprint density at radius 1 is 0.581 bits per heavy atom. The van der Waals surface area contributed by atoms with Crippen LogP contribution in [0.2, 0.25) is 0 Å². The zero-order valence-electron chi connectivity index (χ0n) is 18.2. The first-order valence-electron chi connectivity index (χ1n) is 10.5. The van der Waals surface area contributed by atoms with Gasteiger partial charge in [-0.2, -0.15) is 0 Å². The minimum atomic E-state index is -1.37. The summed E-state index contributed by atoms with van der Waals surface area (Å²) in [5.41, 5.74) is 6.21. The Bertz CT molecular complexity index is 1050. The molecule has 0 fully saturated rings. The number of para-hydroxylation sites is 2. The van der Waals surface area contributed by atoms with E-state index in [9.17, 15) is 0 Å². The van der Waals surface area contributed by atoms with E-state index in [1.54, 1.807) is 0 Å². The van der Waals surface area contributed by atoms with E-state index in [4.69, 9.17) is 9.05 Å². The van der Waals surface area contributed by atoms with Gasteiger partial charge in [-0.15, -0.1) is 0 Å². The lowest BCUT2D eigenvalue weighted by Crippen LogP contribution is -2.11. The van der Waals surface area contributed by atoms with Crippen LogP contribution < -0.4 is 9.05 Å². The Morgan fingerprint density at radius 3 is 1.45 bits per heavy atom. The summed E-state index contributed by atoms with van der Waals surface area (Å²) in [5.74, 6) is 1.63. The van der Waals surface area contributed by atoms with Gasteiger partial charge in [0.1, 0.15) is 17.2 Å². The van der Waals surface area contributed by atoms with Crippen LogP contribution in [-0.2, 0) is 0 Å². The van der Waals surface area contributed by atoms with Crippen molar-refractivity contribution in [2.45, 2.75) is 26.4 Å². The second-order valence-electron chi connectivity index (χ2n) is 7.72. The molecule has 0 aliphatic heterocycles. The van der Waals surface area contributed by atoms with E-state index in [2.05, 4.69) is 57.2 Å². The molecule has 0 spiro atoms. The average molecular weight is 426 g/mol. The quantitative estimate of drug-likeness (QED) is 0.277. The predicted octanol–water partition coefficient (Wildman–Crippen LogP) is 8.17. The molecule has 0 radical (unpaired) electrons. The molecule has 0 N–H and O–H groups in total. The summed E-state index contributed by atoms with van der Waals surface area (Å²) in [6.07, 6.45) is 0. The summed E-state index contributed by atoms with van der Waals surface area (Å²) in [6.45, 7) is 6.51. The van der Waals surface area contributed by atoms with E-state index < -0.39 is 8.38 Å². The van der Waals surface area contributed by atoms with Crippen LogP contribution in [0.15, 0.2) is 103 Å². The first-order valence-corrected chi connectivity index (χ1v) is 11.7. The second-order valence-corrected chi connectivity index (χ2v) is 9.17. The van der Waals surface area contributed by atoms with Crippen LogP contribution in [0.25, 0.3) is 0 Å². The first kappa shape index (κ1) is 21.2. The molecule has 0 aromatic heterocycles. The standard InChI is InChI=1S/C28H27O2P/c1-21-19-22(2)27(23(3)20-21)28(24-13-7-4-8-14-24)31(29-25-15-9-5-10-16-25)30-26-17-11-6-12-18-26/h4-20,28H,1-3H3. The van der Waals surface area contributed by atoms with Crippen LogP contribution in [0.4, 0.5) is 0 Å². The first-order chi connectivity index (χ1) is 15.1. The molecule has 4 aromatic rings. The third-order valence-corrected chi connectivity index (χ3v) is 6.97. The smallest absolute Gasteiger partial charge is 0.303 e. The van der Waals surface area contributed by atoms with Gasteiger partial charge >= 0.3 is 8.38 Å². The van der Waals surface area contributed by atoms with Crippen molar-refractivity contribution in [2.75, 3.05) is 0 Å². The number of benzene rings is 4. The summed E-state index contributed by atoms with van der Waals surface area (Å²) in [6, 6.07) is 34.9. The number of aryl methyl sites for hydroxylation is 3. The predicted molar refractivity (Wildman–Crippen MR) is 130 cm³/mol. The lowest BCUT2D eigenvalue weighted by molar-refractivity contribution is 0.481. The van der Waals surface area contributed by atoms with Crippen molar-refractivity contribution in [1.82, 2.24) is 0 Å². The molecule has 1 atom stereocenters. The summed E-state index contributed by atoms with van der Waals surface area (Å²) < 4.78 is 13.1. The highest BCUT2D eigenvalue weighted by Crippen LogP contribution is 2.57. The van der Waals surface area contributed by atoms with Crippen LogP contribution in [0, 0.1) is 20.8 Å². The van der Waals surface area contributed by atoms with Crippen molar-refractivity contribution in [1.29, 1.82) is 0 Å². The molecule has 2 nitrogen and oxygen atoms in total. The fourth-order valence-corrected chi connectivity index (χ4v) is 5.89. The molecule has 3 heteroatoms. The van der Waals surface area contributed by atoms with Crippen LogP contribution in [0.5, 0.6) is 11.5 Å². The molecule has 4 rings (SSSR count). The number of hydrogen-bond acceptors (Lipinski definition) is 2. The van der Waals surface area contributed by atoms with Gasteiger partial charge in [0, 0.05) is 0 Å². The fourth-order valence-electron chi connectivity index (χ4n) is 3.95. The average Bonchev–Trinajstić information content (AvgIpc) is 2.78. The molecule has 4 aromatic carbocycles. The van der Waals surface area contributed by atoms with E-state index >= 15 is 0 Å². The molecular formula is C28H27O2P.